The van der Waals surface area contributed by atoms with Gasteiger partial charge >= 0.3 is 5.97 Å². The zero-order valence-corrected chi connectivity index (χ0v) is 16.6. The molecule has 0 fully saturated rings. The predicted octanol–water partition coefficient (Wildman–Crippen LogP) is 3.93. The molecule has 0 saturated carbocycles. The molecule has 9 heteroatoms. The number of carbonyl (C=O) groups excluding carboxylic acids is 1. The van der Waals surface area contributed by atoms with Gasteiger partial charge in [-0.1, -0.05) is 29.8 Å². The Morgan fingerprint density at radius 2 is 1.93 bits per heavy atom. The van der Waals surface area contributed by atoms with E-state index in [4.69, 9.17) is 11.6 Å². The molecule has 146 valence electrons. The van der Waals surface area contributed by atoms with Gasteiger partial charge in [0.05, 0.1) is 16.3 Å². The molecular formula is C19H16ClFN2O4S. The van der Waals surface area contributed by atoms with Crippen LogP contribution in [0.5, 0.6) is 0 Å². The van der Waals surface area contributed by atoms with Crippen LogP contribution in [0, 0.1) is 12.7 Å². The van der Waals surface area contributed by atoms with E-state index < -0.39 is 21.7 Å². The van der Waals surface area contributed by atoms with Crippen molar-refractivity contribution in [3.05, 3.63) is 65.1 Å². The van der Waals surface area contributed by atoms with Crippen molar-refractivity contribution in [3.8, 4) is 16.9 Å². The first-order valence-electron chi connectivity index (χ1n) is 8.16. The molecule has 3 aromatic rings. The van der Waals surface area contributed by atoms with Crippen molar-refractivity contribution in [1.82, 2.24) is 9.78 Å². The van der Waals surface area contributed by atoms with Crippen LogP contribution in [0.25, 0.3) is 16.9 Å². The molecule has 2 aromatic carbocycles. The van der Waals surface area contributed by atoms with E-state index in [0.29, 0.717) is 22.5 Å². The maximum atomic E-state index is 13.6. The standard InChI is InChI=1S/C19H16ClFN2O4S/c1-12-9-14(7-8-16(12)21)23-17(10-19(20)22-23)15-5-3-4-6-18(15)28(25,26)11-27-13(2)24/h3-10H,11H2,1-2H3. The summed E-state index contributed by atoms with van der Waals surface area (Å²) in [6, 6.07) is 12.2. The fraction of sp³-hybridized carbons (Fsp3) is 0.158. The Morgan fingerprint density at radius 3 is 2.61 bits per heavy atom. The molecule has 0 amide bonds. The highest BCUT2D eigenvalue weighted by atomic mass is 35.5. The lowest BCUT2D eigenvalue weighted by Gasteiger charge is -2.13. The summed E-state index contributed by atoms with van der Waals surface area (Å²) in [6.45, 7) is 2.74. The van der Waals surface area contributed by atoms with Crippen LogP contribution in [0.3, 0.4) is 0 Å². The highest BCUT2D eigenvalue weighted by Crippen LogP contribution is 2.32. The molecule has 3 rings (SSSR count). The minimum atomic E-state index is -3.93. The number of carbonyl (C=O) groups is 1. The number of nitrogens with zero attached hydrogens (tertiary/aromatic N) is 2. The van der Waals surface area contributed by atoms with Crippen LogP contribution in [0.4, 0.5) is 4.39 Å². The summed E-state index contributed by atoms with van der Waals surface area (Å²) >= 11 is 6.08. The lowest BCUT2D eigenvalue weighted by molar-refractivity contribution is -0.138. The number of rotatable bonds is 5. The molecule has 0 spiro atoms. The number of sulfone groups is 1. The lowest BCUT2D eigenvalue weighted by atomic mass is 10.1. The molecule has 0 atom stereocenters. The fourth-order valence-corrected chi connectivity index (χ4v) is 4.10. The second-order valence-corrected chi connectivity index (χ2v) is 8.35. The Bertz CT molecular complexity index is 1160. The first-order valence-corrected chi connectivity index (χ1v) is 10.2. The fourth-order valence-electron chi connectivity index (χ4n) is 2.67. The van der Waals surface area contributed by atoms with Crippen molar-refractivity contribution < 1.29 is 22.3 Å². The van der Waals surface area contributed by atoms with Crippen molar-refractivity contribution in [2.75, 3.05) is 5.94 Å². The molecule has 0 radical (unpaired) electrons. The normalized spacial score (nSPS) is 11.4. The number of hydrogen-bond donors (Lipinski definition) is 0. The highest BCUT2D eigenvalue weighted by molar-refractivity contribution is 7.91. The van der Waals surface area contributed by atoms with Crippen molar-refractivity contribution in [2.24, 2.45) is 0 Å². The molecule has 0 bridgehead atoms. The summed E-state index contributed by atoms with van der Waals surface area (Å²) in [7, 11) is -3.93. The number of halogens is 2. The monoisotopic (exact) mass is 422 g/mol. The van der Waals surface area contributed by atoms with Gasteiger partial charge < -0.3 is 4.74 Å². The van der Waals surface area contributed by atoms with Gasteiger partial charge in [-0.2, -0.15) is 5.10 Å². The largest absolute Gasteiger partial charge is 0.449 e. The zero-order chi connectivity index (χ0) is 20.5. The van der Waals surface area contributed by atoms with Crippen LogP contribution >= 0.6 is 11.6 Å². The van der Waals surface area contributed by atoms with E-state index in [-0.39, 0.29) is 15.9 Å². The topological polar surface area (TPSA) is 78.3 Å². The third-order valence-corrected chi connectivity index (χ3v) is 5.62. The van der Waals surface area contributed by atoms with E-state index in [1.165, 1.54) is 28.9 Å². The summed E-state index contributed by atoms with van der Waals surface area (Å²) in [6.07, 6.45) is 0. The molecule has 0 N–H and O–H groups in total. The second kappa shape index (κ2) is 7.73. The van der Waals surface area contributed by atoms with Crippen LogP contribution in [-0.4, -0.2) is 30.1 Å². The van der Waals surface area contributed by atoms with Gasteiger partial charge in [0, 0.05) is 18.6 Å². The van der Waals surface area contributed by atoms with Gasteiger partial charge in [0.2, 0.25) is 9.84 Å². The van der Waals surface area contributed by atoms with Crippen LogP contribution in [0.15, 0.2) is 53.4 Å². The number of esters is 1. The number of ether oxygens (including phenoxy) is 1. The molecule has 0 saturated heterocycles. The predicted molar refractivity (Wildman–Crippen MR) is 103 cm³/mol. The Kier molecular flexibility index (Phi) is 5.53. The molecule has 1 aromatic heterocycles. The van der Waals surface area contributed by atoms with E-state index in [1.807, 2.05) is 0 Å². The smallest absolute Gasteiger partial charge is 0.303 e. The van der Waals surface area contributed by atoms with Gasteiger partial charge in [0.1, 0.15) is 5.82 Å². The minimum absolute atomic E-state index is 0.0344. The Balaban J connectivity index is 2.16. The number of aromatic nitrogens is 2. The second-order valence-electron chi connectivity index (χ2n) is 6.06. The molecule has 0 aliphatic carbocycles. The van der Waals surface area contributed by atoms with Gasteiger partial charge in [-0.05, 0) is 36.8 Å². The first kappa shape index (κ1) is 20.0. The molecule has 0 unspecified atom stereocenters. The molecular weight excluding hydrogens is 407 g/mol. The Hall–Kier alpha value is -2.71. The van der Waals surface area contributed by atoms with Crippen molar-refractivity contribution in [3.63, 3.8) is 0 Å². The molecule has 1 heterocycles. The Labute approximate surface area is 166 Å². The maximum Gasteiger partial charge on any atom is 0.303 e. The van der Waals surface area contributed by atoms with E-state index in [2.05, 4.69) is 9.84 Å². The quantitative estimate of drug-likeness (QED) is 0.582. The number of hydrogen-bond acceptors (Lipinski definition) is 5. The van der Waals surface area contributed by atoms with Crippen LogP contribution in [0.2, 0.25) is 5.15 Å². The van der Waals surface area contributed by atoms with Crippen molar-refractivity contribution in [2.45, 2.75) is 18.7 Å². The van der Waals surface area contributed by atoms with Crippen molar-refractivity contribution >= 4 is 27.4 Å². The van der Waals surface area contributed by atoms with E-state index >= 15 is 0 Å². The SMILES string of the molecule is CC(=O)OCS(=O)(=O)c1ccccc1-c1cc(Cl)nn1-c1ccc(F)c(C)c1. The molecule has 0 aliphatic rings. The average molecular weight is 423 g/mol. The van der Waals surface area contributed by atoms with Gasteiger partial charge in [-0.3, -0.25) is 4.79 Å². The maximum absolute atomic E-state index is 13.6. The molecule has 28 heavy (non-hydrogen) atoms. The van der Waals surface area contributed by atoms with Gasteiger partial charge in [-0.25, -0.2) is 17.5 Å². The van der Waals surface area contributed by atoms with Crippen molar-refractivity contribution in [1.29, 1.82) is 0 Å². The number of benzene rings is 2. The average Bonchev–Trinajstić information content (AvgIpc) is 3.04. The third-order valence-electron chi connectivity index (χ3n) is 3.98. The summed E-state index contributed by atoms with van der Waals surface area (Å²) in [5, 5.41) is 4.35. The Morgan fingerprint density at radius 1 is 1.21 bits per heavy atom. The number of aryl methyl sites for hydroxylation is 1. The van der Waals surface area contributed by atoms with Gasteiger partial charge in [0.15, 0.2) is 11.1 Å². The third kappa shape index (κ3) is 4.07. The van der Waals surface area contributed by atoms with Crippen LogP contribution < -0.4 is 0 Å². The lowest BCUT2D eigenvalue weighted by Crippen LogP contribution is -2.14. The molecule has 0 aliphatic heterocycles. The molecule has 6 nitrogen and oxygen atoms in total. The summed E-state index contributed by atoms with van der Waals surface area (Å²) in [4.78, 5) is 11.0. The zero-order valence-electron chi connectivity index (χ0n) is 15.0. The van der Waals surface area contributed by atoms with E-state index in [9.17, 15) is 17.6 Å². The minimum Gasteiger partial charge on any atom is -0.449 e. The van der Waals surface area contributed by atoms with E-state index in [0.717, 1.165) is 6.92 Å². The van der Waals surface area contributed by atoms with E-state index in [1.54, 1.807) is 31.2 Å². The van der Waals surface area contributed by atoms with Gasteiger partial charge in [-0.15, -0.1) is 0 Å². The van der Waals surface area contributed by atoms with Crippen LogP contribution in [0.1, 0.15) is 12.5 Å². The summed E-state index contributed by atoms with van der Waals surface area (Å²) in [5.41, 5.74) is 1.66. The van der Waals surface area contributed by atoms with Crippen LogP contribution in [-0.2, 0) is 19.4 Å². The summed E-state index contributed by atoms with van der Waals surface area (Å²) in [5.74, 6) is -1.85. The summed E-state index contributed by atoms with van der Waals surface area (Å²) < 4.78 is 45.1. The highest BCUT2D eigenvalue weighted by Gasteiger charge is 2.23. The van der Waals surface area contributed by atoms with Gasteiger partial charge in [0.25, 0.3) is 0 Å². The first-order chi connectivity index (χ1) is 13.2.